The fraction of sp³-hybridized carbons (Fsp3) is 0.0667. The number of nitrogens with zero attached hydrogens (tertiary/aromatic N) is 2. The van der Waals surface area contributed by atoms with Gasteiger partial charge in [0.1, 0.15) is 11.6 Å². The molecule has 22 heavy (non-hydrogen) atoms. The lowest BCUT2D eigenvalue weighted by Crippen LogP contribution is -2.00. The van der Waals surface area contributed by atoms with E-state index in [9.17, 15) is 9.00 Å². The van der Waals surface area contributed by atoms with Crippen molar-refractivity contribution in [3.8, 4) is 6.07 Å². The summed E-state index contributed by atoms with van der Waals surface area (Å²) in [6.45, 7) is 0. The first-order chi connectivity index (χ1) is 10.4. The molecular weight excluding hydrogens is 340 g/mol. The predicted molar refractivity (Wildman–Crippen MR) is 88.6 cm³/mol. The van der Waals surface area contributed by atoms with Gasteiger partial charge in [0.2, 0.25) is 5.78 Å². The van der Waals surface area contributed by atoms with Crippen LogP contribution in [0.4, 0.5) is 0 Å². The molecule has 112 valence electrons. The Balaban J connectivity index is 2.38. The number of thiophene rings is 1. The van der Waals surface area contributed by atoms with E-state index in [2.05, 4.69) is 4.36 Å². The first-order valence-electron chi connectivity index (χ1n) is 6.09. The van der Waals surface area contributed by atoms with Crippen LogP contribution in [-0.4, -0.2) is 16.2 Å². The molecule has 0 radical (unpaired) electrons. The molecule has 0 aliphatic rings. The molecule has 1 aromatic heterocycles. The quantitative estimate of drug-likeness (QED) is 0.472. The van der Waals surface area contributed by atoms with Crippen molar-refractivity contribution in [1.82, 2.24) is 0 Å². The van der Waals surface area contributed by atoms with Crippen molar-refractivity contribution in [3.63, 3.8) is 0 Å². The first-order valence-corrected chi connectivity index (χ1v) is 9.27. The Morgan fingerprint density at radius 2 is 2.05 bits per heavy atom. The highest BCUT2D eigenvalue weighted by Gasteiger charge is 2.13. The van der Waals surface area contributed by atoms with Crippen molar-refractivity contribution in [2.24, 2.45) is 4.36 Å². The van der Waals surface area contributed by atoms with Gasteiger partial charge in [-0.25, -0.2) is 8.57 Å². The number of hydrogen-bond donors (Lipinski definition) is 0. The second-order valence-corrected chi connectivity index (χ2v) is 7.99. The van der Waals surface area contributed by atoms with E-state index in [4.69, 9.17) is 16.9 Å². The number of allylic oxidation sites excluding steroid dienone is 1. The lowest BCUT2D eigenvalue weighted by molar-refractivity contribution is 0.104. The predicted octanol–water partition coefficient (Wildman–Crippen LogP) is 4.15. The smallest absolute Gasteiger partial charge is 0.215 e. The average molecular weight is 351 g/mol. The van der Waals surface area contributed by atoms with E-state index in [1.807, 2.05) is 0 Å². The molecule has 0 saturated carbocycles. The van der Waals surface area contributed by atoms with Crippen molar-refractivity contribution in [2.75, 3.05) is 6.26 Å². The van der Waals surface area contributed by atoms with Crippen LogP contribution in [0.2, 0.25) is 5.02 Å². The van der Waals surface area contributed by atoms with E-state index in [-0.39, 0.29) is 5.57 Å². The molecule has 0 bridgehead atoms. The van der Waals surface area contributed by atoms with E-state index in [1.165, 1.54) is 17.6 Å². The van der Waals surface area contributed by atoms with Crippen molar-refractivity contribution in [3.05, 3.63) is 63.5 Å². The van der Waals surface area contributed by atoms with Crippen molar-refractivity contribution in [2.45, 2.75) is 4.90 Å². The molecule has 1 aromatic carbocycles. The third-order valence-electron chi connectivity index (χ3n) is 2.74. The molecule has 1 heterocycles. The van der Waals surface area contributed by atoms with Crippen LogP contribution in [0.25, 0.3) is 0 Å². The summed E-state index contributed by atoms with van der Waals surface area (Å²) in [4.78, 5) is 13.0. The highest BCUT2D eigenvalue weighted by molar-refractivity contribution is 7.93. The maximum atomic E-state index is 12.6. The van der Waals surface area contributed by atoms with Crippen molar-refractivity contribution < 1.29 is 9.00 Å². The maximum Gasteiger partial charge on any atom is 0.215 e. The Kier molecular flexibility index (Phi) is 5.14. The molecule has 7 heteroatoms. The van der Waals surface area contributed by atoms with E-state index in [1.54, 1.807) is 47.8 Å². The second kappa shape index (κ2) is 6.88. The zero-order valence-electron chi connectivity index (χ0n) is 11.5. The number of carbonyl (C=O) groups excluding carboxylic acids is 1. The fourth-order valence-corrected chi connectivity index (χ4v) is 3.45. The van der Waals surface area contributed by atoms with Gasteiger partial charge in [-0.2, -0.15) is 5.26 Å². The Morgan fingerprint density at radius 1 is 1.36 bits per heavy atom. The molecule has 2 aromatic rings. The summed E-state index contributed by atoms with van der Waals surface area (Å²) >= 11 is 7.03. The second-order valence-electron chi connectivity index (χ2n) is 4.32. The molecule has 0 spiro atoms. The van der Waals surface area contributed by atoms with Crippen LogP contribution in [0.3, 0.4) is 0 Å². The Labute approximate surface area is 137 Å². The molecule has 4 nitrogen and oxygen atoms in total. The average Bonchev–Trinajstić information content (AvgIpc) is 3.02. The largest absolute Gasteiger partial charge is 0.287 e. The SMILES string of the molecule is C[S@@](=O)(=N/C=C(\C#N)C(=O)c1cccs1)c1ccc(Cl)cc1. The molecular formula is C15H11ClN2O2S2. The van der Waals surface area contributed by atoms with Crippen LogP contribution >= 0.6 is 22.9 Å². The van der Waals surface area contributed by atoms with Gasteiger partial charge in [-0.15, -0.1) is 11.3 Å². The maximum absolute atomic E-state index is 12.6. The van der Waals surface area contributed by atoms with E-state index >= 15 is 0 Å². The van der Waals surface area contributed by atoms with Crippen LogP contribution in [0.5, 0.6) is 0 Å². The highest BCUT2D eigenvalue weighted by atomic mass is 35.5. The molecule has 1 atom stereocenters. The molecule has 0 saturated heterocycles. The van der Waals surface area contributed by atoms with E-state index < -0.39 is 15.5 Å². The van der Waals surface area contributed by atoms with Gasteiger partial charge in [-0.1, -0.05) is 17.7 Å². The van der Waals surface area contributed by atoms with Gasteiger partial charge in [-0.05, 0) is 35.7 Å². The highest BCUT2D eigenvalue weighted by Crippen LogP contribution is 2.18. The number of Topliss-reactive ketones (excluding diaryl/α,β-unsaturated/α-hetero) is 1. The third kappa shape index (κ3) is 3.83. The van der Waals surface area contributed by atoms with Gasteiger partial charge in [0.25, 0.3) is 0 Å². The number of ketones is 1. The number of halogens is 1. The Hall–Kier alpha value is -1.94. The number of rotatable bonds is 4. The summed E-state index contributed by atoms with van der Waals surface area (Å²) < 4.78 is 16.5. The summed E-state index contributed by atoms with van der Waals surface area (Å²) in [5.41, 5.74) is -0.147. The number of hydrogen-bond acceptors (Lipinski definition) is 5. The van der Waals surface area contributed by atoms with Crippen LogP contribution in [0, 0.1) is 11.3 Å². The zero-order valence-corrected chi connectivity index (χ0v) is 13.9. The van der Waals surface area contributed by atoms with Crippen LogP contribution in [-0.2, 0) is 9.73 Å². The molecule has 0 fully saturated rings. The summed E-state index contributed by atoms with van der Waals surface area (Å²) in [5.74, 6) is -0.424. The molecule has 0 N–H and O–H groups in total. The fourth-order valence-electron chi connectivity index (χ4n) is 1.58. The van der Waals surface area contributed by atoms with Crippen molar-refractivity contribution in [1.29, 1.82) is 5.26 Å². The van der Waals surface area contributed by atoms with Gasteiger partial charge in [0.15, 0.2) is 0 Å². The summed E-state index contributed by atoms with van der Waals surface area (Å²) in [5, 5.41) is 11.4. The minimum atomic E-state index is -2.74. The number of benzene rings is 1. The molecule has 0 unspecified atom stereocenters. The lowest BCUT2D eigenvalue weighted by atomic mass is 10.2. The van der Waals surface area contributed by atoms with E-state index in [0.717, 1.165) is 6.20 Å². The normalized spacial score (nSPS) is 14.0. The zero-order chi connectivity index (χ0) is 16.2. The molecule has 2 rings (SSSR count). The molecule has 0 amide bonds. The van der Waals surface area contributed by atoms with Gasteiger partial charge in [0, 0.05) is 16.2 Å². The molecule has 0 aliphatic heterocycles. The first kappa shape index (κ1) is 16.4. The summed E-state index contributed by atoms with van der Waals surface area (Å²) in [7, 11) is -2.74. The molecule has 0 aliphatic carbocycles. The standard InChI is InChI=1S/C15H11ClN2O2S2/c1-22(20,13-6-4-12(16)5-7-13)18-10-11(9-17)15(19)14-3-2-8-21-14/h2-8,10H,1H3/b11-10+/t22-/m0/s1. The van der Waals surface area contributed by atoms with Crippen LogP contribution in [0.15, 0.2) is 62.8 Å². The summed E-state index contributed by atoms with van der Waals surface area (Å²) in [6, 6.07) is 11.6. The minimum absolute atomic E-state index is 0.147. The minimum Gasteiger partial charge on any atom is -0.287 e. The lowest BCUT2D eigenvalue weighted by Gasteiger charge is -2.03. The van der Waals surface area contributed by atoms with Crippen molar-refractivity contribution >= 4 is 38.4 Å². The van der Waals surface area contributed by atoms with E-state index in [0.29, 0.717) is 14.8 Å². The van der Waals surface area contributed by atoms with Gasteiger partial charge in [-0.3, -0.25) is 4.79 Å². The van der Waals surface area contributed by atoms with Gasteiger partial charge < -0.3 is 0 Å². The Morgan fingerprint density at radius 3 is 2.59 bits per heavy atom. The van der Waals surface area contributed by atoms with Gasteiger partial charge >= 0.3 is 0 Å². The monoisotopic (exact) mass is 350 g/mol. The third-order valence-corrected chi connectivity index (χ3v) is 5.52. The topological polar surface area (TPSA) is 70.3 Å². The Bertz CT molecular complexity index is 869. The van der Waals surface area contributed by atoms with Crippen LogP contribution < -0.4 is 0 Å². The number of nitriles is 1. The van der Waals surface area contributed by atoms with Gasteiger partial charge in [0.05, 0.1) is 20.8 Å². The summed E-state index contributed by atoms with van der Waals surface area (Å²) in [6.07, 6.45) is 2.52. The van der Waals surface area contributed by atoms with Crippen LogP contribution in [0.1, 0.15) is 9.67 Å². The number of carbonyl (C=O) groups is 1.